The molecule has 0 saturated carbocycles. The molecule has 0 aromatic rings. The van der Waals surface area contributed by atoms with Crippen LogP contribution in [0.25, 0.3) is 0 Å². The van der Waals surface area contributed by atoms with Crippen molar-refractivity contribution in [3.63, 3.8) is 0 Å². The molecule has 0 spiro atoms. The van der Waals surface area contributed by atoms with Crippen LogP contribution in [0.3, 0.4) is 0 Å². The molecule has 0 unspecified atom stereocenters. The molecule has 0 amide bonds. The molecule has 0 bridgehead atoms. The molecule has 0 rings (SSSR count). The molecule has 0 aliphatic carbocycles. The summed E-state index contributed by atoms with van der Waals surface area (Å²) in [5.41, 5.74) is 0. The monoisotopic (exact) mass is 988 g/mol. The first kappa shape index (κ1) is 39.1. The first-order valence-corrected chi connectivity index (χ1v) is 6.59. The zero-order valence-electron chi connectivity index (χ0n) is 15.4. The van der Waals surface area contributed by atoms with E-state index in [0.29, 0.717) is 0 Å². The summed E-state index contributed by atoms with van der Waals surface area (Å²) in [5.74, 6) is -7.57. The molecule has 0 aliphatic heterocycles. The van der Waals surface area contributed by atoms with Crippen molar-refractivity contribution in [1.82, 2.24) is 9.80 Å². The SMILES string of the molecule is O=C(O)CN(CC(=O)O)CC(=O)O.O=C(O)CN(CC(=O)O)CC(=O)O.[Hg].[Hg].[Hg]. The van der Waals surface area contributed by atoms with Gasteiger partial charge in [-0.05, 0) is 0 Å². The third-order valence-electron chi connectivity index (χ3n) is 2.15. The van der Waals surface area contributed by atoms with E-state index >= 15 is 0 Å². The Balaban J connectivity index is -0.000000120. The van der Waals surface area contributed by atoms with Gasteiger partial charge >= 0.3 is 35.8 Å². The van der Waals surface area contributed by atoms with Gasteiger partial charge in [0.1, 0.15) is 0 Å². The molecule has 17 heteroatoms. The van der Waals surface area contributed by atoms with Gasteiger partial charge in [0.05, 0.1) is 39.3 Å². The maximum atomic E-state index is 10.1. The molecule has 0 aliphatic rings. The molecule has 0 aromatic heterocycles. The molecular formula is C12H18Hg3N2O12. The minimum absolute atomic E-state index is 0. The summed E-state index contributed by atoms with van der Waals surface area (Å²) >= 11 is 0. The van der Waals surface area contributed by atoms with Crippen LogP contribution in [0.2, 0.25) is 0 Å². The normalized spacial score (nSPS) is 8.90. The van der Waals surface area contributed by atoms with Crippen molar-refractivity contribution in [1.29, 1.82) is 0 Å². The molecule has 0 heterocycles. The molecule has 0 atom stereocenters. The predicted molar refractivity (Wildman–Crippen MR) is 78.7 cm³/mol. The Labute approximate surface area is 225 Å². The van der Waals surface area contributed by atoms with Crippen LogP contribution in [-0.2, 0) is 112 Å². The van der Waals surface area contributed by atoms with Gasteiger partial charge in [0.15, 0.2) is 0 Å². The Kier molecular flexibility index (Phi) is 30.0. The van der Waals surface area contributed by atoms with Gasteiger partial charge < -0.3 is 30.6 Å². The Morgan fingerprint density at radius 3 is 0.552 bits per heavy atom. The number of hydrogen-bond donors (Lipinski definition) is 6. The van der Waals surface area contributed by atoms with Crippen LogP contribution in [0.5, 0.6) is 0 Å². The number of carbonyl (C=O) groups is 6. The second-order valence-corrected chi connectivity index (χ2v) is 4.65. The number of hydrogen-bond acceptors (Lipinski definition) is 8. The topological polar surface area (TPSA) is 230 Å². The van der Waals surface area contributed by atoms with Crippen molar-refractivity contribution in [3.05, 3.63) is 0 Å². The summed E-state index contributed by atoms with van der Waals surface area (Å²) in [4.78, 5) is 62.5. The van der Waals surface area contributed by atoms with Crippen molar-refractivity contribution >= 4 is 35.8 Å². The number of aliphatic carboxylic acids is 6. The summed E-state index contributed by atoms with van der Waals surface area (Å²) < 4.78 is 0. The van der Waals surface area contributed by atoms with Crippen LogP contribution in [0.1, 0.15) is 0 Å². The van der Waals surface area contributed by atoms with Crippen molar-refractivity contribution in [2.24, 2.45) is 0 Å². The fourth-order valence-electron chi connectivity index (χ4n) is 1.48. The minimum Gasteiger partial charge on any atom is -0.480 e. The molecule has 0 saturated heterocycles. The largest absolute Gasteiger partial charge is 0.480 e. The number of rotatable bonds is 12. The molecule has 0 fully saturated rings. The van der Waals surface area contributed by atoms with Gasteiger partial charge in [-0.2, -0.15) is 0 Å². The summed E-state index contributed by atoms with van der Waals surface area (Å²) in [5, 5.41) is 49.7. The Bertz CT molecular complexity index is 436. The number of nitrogens with zero attached hydrogens (tertiary/aromatic N) is 2. The average molecular weight is 984 g/mol. The van der Waals surface area contributed by atoms with E-state index in [1.807, 2.05) is 0 Å². The van der Waals surface area contributed by atoms with Gasteiger partial charge in [0.25, 0.3) is 0 Å². The van der Waals surface area contributed by atoms with Crippen LogP contribution in [0.4, 0.5) is 0 Å². The third kappa shape index (κ3) is 32.4. The van der Waals surface area contributed by atoms with E-state index in [0.717, 1.165) is 9.80 Å². The van der Waals surface area contributed by atoms with E-state index < -0.39 is 75.1 Å². The molecule has 0 aromatic carbocycles. The molecule has 0 radical (unpaired) electrons. The van der Waals surface area contributed by atoms with Crippen LogP contribution < -0.4 is 0 Å². The summed E-state index contributed by atoms with van der Waals surface area (Å²) in [6, 6.07) is 0. The fourth-order valence-corrected chi connectivity index (χ4v) is 1.48. The van der Waals surface area contributed by atoms with E-state index in [-0.39, 0.29) is 83.0 Å². The first-order chi connectivity index (χ1) is 11.8. The van der Waals surface area contributed by atoms with Crippen molar-refractivity contribution in [3.8, 4) is 0 Å². The van der Waals surface area contributed by atoms with Crippen LogP contribution >= 0.6 is 0 Å². The molecule has 14 nitrogen and oxygen atoms in total. The van der Waals surface area contributed by atoms with E-state index in [1.54, 1.807) is 0 Å². The maximum Gasteiger partial charge on any atom is 0.317 e. The Hall–Kier alpha value is -0.455. The van der Waals surface area contributed by atoms with E-state index in [2.05, 4.69) is 0 Å². The number of carboxylic acids is 6. The number of carboxylic acid groups (broad SMARTS) is 6. The van der Waals surface area contributed by atoms with Gasteiger partial charge in [-0.25, -0.2) is 0 Å². The van der Waals surface area contributed by atoms with Crippen LogP contribution in [-0.4, -0.2) is 116 Å². The second kappa shape index (κ2) is 22.2. The standard InChI is InChI=1S/2C6H9NO6.3Hg/c2*8-4(9)1-7(2-5(10)11)3-6(12)13;;;/h2*1-3H2,(H,8,9)(H,10,11)(H,12,13);;;. The van der Waals surface area contributed by atoms with E-state index in [9.17, 15) is 28.8 Å². The average Bonchev–Trinajstić information content (AvgIpc) is 2.33. The van der Waals surface area contributed by atoms with Crippen molar-refractivity contribution in [2.75, 3.05) is 39.3 Å². The smallest absolute Gasteiger partial charge is 0.317 e. The summed E-state index contributed by atoms with van der Waals surface area (Å²) in [6.45, 7) is -3.59. The van der Waals surface area contributed by atoms with Crippen LogP contribution in [0.15, 0.2) is 0 Å². The fraction of sp³-hybridized carbons (Fsp3) is 0.500. The van der Waals surface area contributed by atoms with Gasteiger partial charge in [-0.3, -0.25) is 38.6 Å². The summed E-state index contributed by atoms with van der Waals surface area (Å²) in [6.07, 6.45) is 0. The molecular weight excluding hydrogens is 966 g/mol. The molecule has 29 heavy (non-hydrogen) atoms. The zero-order valence-corrected chi connectivity index (χ0v) is 31.9. The van der Waals surface area contributed by atoms with Crippen molar-refractivity contribution < 1.29 is 142 Å². The zero-order chi connectivity index (χ0) is 20.9. The van der Waals surface area contributed by atoms with E-state index in [1.165, 1.54) is 0 Å². The Morgan fingerprint density at radius 2 is 0.483 bits per heavy atom. The van der Waals surface area contributed by atoms with Crippen LogP contribution in [0, 0.1) is 0 Å². The minimum atomic E-state index is -1.26. The first-order valence-electron chi connectivity index (χ1n) is 6.59. The van der Waals surface area contributed by atoms with Gasteiger partial charge in [0, 0.05) is 83.0 Å². The van der Waals surface area contributed by atoms with Gasteiger partial charge in [-0.15, -0.1) is 0 Å². The second-order valence-electron chi connectivity index (χ2n) is 4.65. The maximum absolute atomic E-state index is 10.1. The van der Waals surface area contributed by atoms with Gasteiger partial charge in [0.2, 0.25) is 0 Å². The summed E-state index contributed by atoms with van der Waals surface area (Å²) in [7, 11) is 0. The molecule has 6 N–H and O–H groups in total. The molecule has 154 valence electrons. The van der Waals surface area contributed by atoms with E-state index in [4.69, 9.17) is 30.6 Å². The van der Waals surface area contributed by atoms with Gasteiger partial charge in [-0.1, -0.05) is 0 Å². The van der Waals surface area contributed by atoms with Crippen molar-refractivity contribution in [2.45, 2.75) is 0 Å². The quantitative estimate of drug-likeness (QED) is 0.108. The third-order valence-corrected chi connectivity index (χ3v) is 2.15. The Morgan fingerprint density at radius 1 is 0.379 bits per heavy atom. The predicted octanol–water partition coefficient (Wildman–Crippen LogP) is -2.92.